The number of hydrogen-bond donors (Lipinski definition) is 0. The van der Waals surface area contributed by atoms with Gasteiger partial charge in [0.05, 0.1) is 0 Å². The van der Waals surface area contributed by atoms with Gasteiger partial charge in [-0.1, -0.05) is 98.1 Å². The van der Waals surface area contributed by atoms with Crippen molar-refractivity contribution in [2.45, 2.75) is 125 Å². The van der Waals surface area contributed by atoms with Crippen molar-refractivity contribution in [1.29, 1.82) is 0 Å². The maximum absolute atomic E-state index is 2.73. The summed E-state index contributed by atoms with van der Waals surface area (Å²) in [4.78, 5) is 0. The number of rotatable bonds is 7. The summed E-state index contributed by atoms with van der Waals surface area (Å²) in [5, 5.41) is 0. The van der Waals surface area contributed by atoms with Crippen molar-refractivity contribution in [2.75, 3.05) is 0 Å². The first-order chi connectivity index (χ1) is 14.3. The molecule has 0 heterocycles. The van der Waals surface area contributed by atoms with Crippen LogP contribution in [0.2, 0.25) is 0 Å². The summed E-state index contributed by atoms with van der Waals surface area (Å²) in [7, 11) is 0. The third-order valence-corrected chi connectivity index (χ3v) is 10.4. The Hall–Kier alpha value is -0.520. The zero-order valence-electron chi connectivity index (χ0n) is 21.2. The van der Waals surface area contributed by atoms with Gasteiger partial charge >= 0.3 is 0 Å². The molecule has 0 bridgehead atoms. The molecule has 4 rings (SSSR count). The van der Waals surface area contributed by atoms with Crippen LogP contribution in [0.3, 0.4) is 0 Å². The Morgan fingerprint density at radius 2 is 1.80 bits per heavy atom. The third kappa shape index (κ3) is 3.77. The van der Waals surface area contributed by atoms with Gasteiger partial charge in [0, 0.05) is 0 Å². The predicted molar refractivity (Wildman–Crippen MR) is 131 cm³/mol. The van der Waals surface area contributed by atoms with Crippen molar-refractivity contribution >= 4 is 0 Å². The molecule has 1 fully saturated rings. The van der Waals surface area contributed by atoms with Crippen molar-refractivity contribution in [3.8, 4) is 0 Å². The van der Waals surface area contributed by atoms with E-state index < -0.39 is 0 Å². The van der Waals surface area contributed by atoms with Gasteiger partial charge in [0.15, 0.2) is 0 Å². The summed E-state index contributed by atoms with van der Waals surface area (Å²) in [6, 6.07) is 0. The first kappa shape index (κ1) is 22.7. The number of allylic oxidation sites excluding steroid dienone is 4. The fraction of sp³-hybridized carbons (Fsp3) is 0.867. The van der Waals surface area contributed by atoms with Crippen LogP contribution in [0.25, 0.3) is 0 Å². The van der Waals surface area contributed by atoms with Gasteiger partial charge in [-0.05, 0) is 90.1 Å². The quantitative estimate of drug-likeness (QED) is 0.392. The second-order valence-corrected chi connectivity index (χ2v) is 12.6. The van der Waals surface area contributed by atoms with Crippen LogP contribution in [-0.4, -0.2) is 0 Å². The standard InChI is InChI=1S/C30H50/c1-7-10-23-13-9-19-29(5)26(23)15-14-24-27-17-16-25(22(4)12-8-11-21(2)3)30(27,6)20-18-28(24)29/h17,21-23,25-26H,7-16,18-20H2,1-6H3/t22-,23?,25-,26?,29+,30-/m1/s1. The van der Waals surface area contributed by atoms with Gasteiger partial charge in [-0.2, -0.15) is 0 Å². The van der Waals surface area contributed by atoms with Gasteiger partial charge in [-0.25, -0.2) is 0 Å². The maximum Gasteiger partial charge on any atom is -0.00389 e. The van der Waals surface area contributed by atoms with Crippen molar-refractivity contribution in [3.05, 3.63) is 22.8 Å². The molecule has 0 spiro atoms. The fourth-order valence-corrected chi connectivity index (χ4v) is 8.83. The second-order valence-electron chi connectivity index (χ2n) is 12.6. The summed E-state index contributed by atoms with van der Waals surface area (Å²) in [5.41, 5.74) is 6.64. The monoisotopic (exact) mass is 410 g/mol. The minimum absolute atomic E-state index is 0.469. The largest absolute Gasteiger partial charge is 0.0802 e. The highest BCUT2D eigenvalue weighted by atomic mass is 14.6. The van der Waals surface area contributed by atoms with Crippen molar-refractivity contribution in [3.63, 3.8) is 0 Å². The Morgan fingerprint density at radius 3 is 2.53 bits per heavy atom. The van der Waals surface area contributed by atoms with Crippen LogP contribution in [0.15, 0.2) is 22.8 Å². The zero-order valence-corrected chi connectivity index (χ0v) is 21.2. The Bertz CT molecular complexity index is 676. The minimum atomic E-state index is 0.469. The molecule has 0 radical (unpaired) electrons. The summed E-state index contributed by atoms with van der Waals surface area (Å²) in [6.07, 6.45) is 21.3. The maximum atomic E-state index is 2.73. The predicted octanol–water partition coefficient (Wildman–Crippen LogP) is 9.51. The van der Waals surface area contributed by atoms with E-state index >= 15 is 0 Å². The molecule has 0 amide bonds. The zero-order chi connectivity index (χ0) is 21.5. The Kier molecular flexibility index (Phi) is 6.64. The van der Waals surface area contributed by atoms with Crippen LogP contribution in [0, 0.1) is 40.4 Å². The van der Waals surface area contributed by atoms with Crippen LogP contribution in [0.1, 0.15) is 125 Å². The van der Waals surface area contributed by atoms with E-state index in [1.807, 2.05) is 16.7 Å². The van der Waals surface area contributed by atoms with Gasteiger partial charge in [0.25, 0.3) is 0 Å². The summed E-state index contributed by atoms with van der Waals surface area (Å²) in [5.74, 6) is 4.60. The van der Waals surface area contributed by atoms with Crippen molar-refractivity contribution in [1.82, 2.24) is 0 Å². The lowest BCUT2D eigenvalue weighted by atomic mass is 9.49. The fourth-order valence-electron chi connectivity index (χ4n) is 8.83. The van der Waals surface area contributed by atoms with E-state index in [1.165, 1.54) is 83.5 Å². The topological polar surface area (TPSA) is 0 Å². The van der Waals surface area contributed by atoms with E-state index in [0.717, 1.165) is 29.6 Å². The van der Waals surface area contributed by atoms with E-state index in [1.54, 1.807) is 0 Å². The van der Waals surface area contributed by atoms with E-state index in [2.05, 4.69) is 47.6 Å². The highest BCUT2D eigenvalue weighted by Crippen LogP contribution is 2.65. The molecule has 0 aromatic heterocycles. The molecular weight excluding hydrogens is 360 g/mol. The van der Waals surface area contributed by atoms with Crippen LogP contribution >= 0.6 is 0 Å². The first-order valence-electron chi connectivity index (χ1n) is 13.7. The molecule has 6 atom stereocenters. The van der Waals surface area contributed by atoms with E-state index in [0.29, 0.717) is 10.8 Å². The van der Waals surface area contributed by atoms with Gasteiger partial charge in [0.2, 0.25) is 0 Å². The summed E-state index contributed by atoms with van der Waals surface area (Å²) in [6.45, 7) is 15.1. The summed E-state index contributed by atoms with van der Waals surface area (Å²) >= 11 is 0. The lowest BCUT2D eigenvalue weighted by Gasteiger charge is -2.55. The Balaban J connectivity index is 1.55. The van der Waals surface area contributed by atoms with Gasteiger partial charge < -0.3 is 0 Å². The number of hydrogen-bond acceptors (Lipinski definition) is 0. The molecule has 4 aliphatic rings. The molecule has 1 saturated carbocycles. The summed E-state index contributed by atoms with van der Waals surface area (Å²) < 4.78 is 0. The SMILES string of the molecule is CCCC1CCC[C@]2(C)C3=C(CCC12)C1=CC[C@H]([C@H](C)CCCC(C)C)[C@@]1(C)CC3. The molecular formula is C30H50. The highest BCUT2D eigenvalue weighted by Gasteiger charge is 2.53. The lowest BCUT2D eigenvalue weighted by Crippen LogP contribution is -2.44. The van der Waals surface area contributed by atoms with E-state index in [4.69, 9.17) is 0 Å². The molecule has 170 valence electrons. The smallest absolute Gasteiger partial charge is 0.00389 e. The average Bonchev–Trinajstić information content (AvgIpc) is 3.05. The Labute approximate surface area is 188 Å². The normalized spacial score (nSPS) is 39.4. The molecule has 30 heavy (non-hydrogen) atoms. The van der Waals surface area contributed by atoms with Crippen molar-refractivity contribution < 1.29 is 0 Å². The third-order valence-electron chi connectivity index (χ3n) is 10.4. The molecule has 0 aromatic carbocycles. The Morgan fingerprint density at radius 1 is 1.00 bits per heavy atom. The molecule has 0 saturated heterocycles. The average molecular weight is 411 g/mol. The minimum Gasteiger partial charge on any atom is -0.0802 e. The first-order valence-corrected chi connectivity index (χ1v) is 13.7. The molecule has 2 unspecified atom stereocenters. The van der Waals surface area contributed by atoms with Crippen molar-refractivity contribution in [2.24, 2.45) is 40.4 Å². The number of fused-ring (bicyclic) bond motifs is 4. The molecule has 0 N–H and O–H groups in total. The molecule has 0 aromatic rings. The van der Waals surface area contributed by atoms with Crippen LogP contribution < -0.4 is 0 Å². The molecule has 0 aliphatic heterocycles. The van der Waals surface area contributed by atoms with Crippen LogP contribution in [0.4, 0.5) is 0 Å². The molecule has 0 nitrogen and oxygen atoms in total. The lowest BCUT2D eigenvalue weighted by molar-refractivity contribution is 0.0545. The van der Waals surface area contributed by atoms with Gasteiger partial charge in [-0.3, -0.25) is 0 Å². The van der Waals surface area contributed by atoms with E-state index in [9.17, 15) is 0 Å². The molecule has 4 aliphatic carbocycles. The van der Waals surface area contributed by atoms with Crippen LogP contribution in [0.5, 0.6) is 0 Å². The van der Waals surface area contributed by atoms with Crippen LogP contribution in [-0.2, 0) is 0 Å². The van der Waals surface area contributed by atoms with Gasteiger partial charge in [0.1, 0.15) is 0 Å². The highest BCUT2D eigenvalue weighted by molar-refractivity contribution is 5.49. The molecule has 0 heteroatoms. The van der Waals surface area contributed by atoms with Gasteiger partial charge in [-0.15, -0.1) is 0 Å². The second kappa shape index (κ2) is 8.78. The van der Waals surface area contributed by atoms with E-state index in [-0.39, 0.29) is 0 Å².